The Hall–Kier alpha value is -2.08. The van der Waals surface area contributed by atoms with Crippen LogP contribution in [0.4, 0.5) is 5.69 Å². The summed E-state index contributed by atoms with van der Waals surface area (Å²) in [4.78, 5) is 26.5. The quantitative estimate of drug-likeness (QED) is 0.549. The maximum atomic E-state index is 12.3. The van der Waals surface area contributed by atoms with Crippen LogP contribution in [0.25, 0.3) is 0 Å². The molecule has 0 bridgehead atoms. The van der Waals surface area contributed by atoms with E-state index < -0.39 is 5.92 Å². The van der Waals surface area contributed by atoms with E-state index in [2.05, 4.69) is 4.90 Å². The van der Waals surface area contributed by atoms with E-state index in [4.69, 9.17) is 14.2 Å². The Labute approximate surface area is 154 Å². The smallest absolute Gasteiger partial charge is 0.313 e. The number of epoxide rings is 1. The number of nitrogens with zero attached hydrogens (tertiary/aromatic N) is 1. The molecule has 1 spiro atoms. The SMILES string of the molecule is CCOC(=O)CC(C(=O)OCC)c1ccc(N2CCC3(CC2)CO3)cc1. The van der Waals surface area contributed by atoms with Gasteiger partial charge in [-0.15, -0.1) is 0 Å². The van der Waals surface area contributed by atoms with Gasteiger partial charge in [0.1, 0.15) is 0 Å². The number of ether oxygens (including phenoxy) is 3. The van der Waals surface area contributed by atoms with Gasteiger partial charge in [-0.25, -0.2) is 0 Å². The van der Waals surface area contributed by atoms with Gasteiger partial charge in [-0.2, -0.15) is 0 Å². The Morgan fingerprint density at radius 2 is 1.73 bits per heavy atom. The van der Waals surface area contributed by atoms with Gasteiger partial charge < -0.3 is 19.1 Å². The molecule has 0 saturated carbocycles. The number of rotatable bonds is 7. The van der Waals surface area contributed by atoms with Gasteiger partial charge in [0.25, 0.3) is 0 Å². The van der Waals surface area contributed by atoms with Crippen molar-refractivity contribution in [1.82, 2.24) is 0 Å². The molecule has 6 nitrogen and oxygen atoms in total. The number of piperidine rings is 1. The molecule has 1 unspecified atom stereocenters. The van der Waals surface area contributed by atoms with E-state index in [9.17, 15) is 9.59 Å². The molecule has 0 N–H and O–H groups in total. The van der Waals surface area contributed by atoms with Crippen molar-refractivity contribution in [3.8, 4) is 0 Å². The number of hydrogen-bond donors (Lipinski definition) is 0. The fourth-order valence-corrected chi connectivity index (χ4v) is 3.45. The minimum absolute atomic E-state index is 0.00437. The molecule has 0 aromatic heterocycles. The molecule has 2 aliphatic rings. The summed E-state index contributed by atoms with van der Waals surface area (Å²) in [5, 5.41) is 0. The van der Waals surface area contributed by atoms with Crippen molar-refractivity contribution >= 4 is 17.6 Å². The van der Waals surface area contributed by atoms with Crippen LogP contribution in [0.15, 0.2) is 24.3 Å². The molecule has 3 rings (SSSR count). The first-order valence-electron chi connectivity index (χ1n) is 9.38. The lowest BCUT2D eigenvalue weighted by Gasteiger charge is -2.32. The van der Waals surface area contributed by atoms with Crippen LogP contribution in [0.5, 0.6) is 0 Å². The highest BCUT2D eigenvalue weighted by molar-refractivity contribution is 5.84. The molecule has 26 heavy (non-hydrogen) atoms. The fourth-order valence-electron chi connectivity index (χ4n) is 3.45. The van der Waals surface area contributed by atoms with Crippen molar-refractivity contribution in [3.63, 3.8) is 0 Å². The van der Waals surface area contributed by atoms with Gasteiger partial charge >= 0.3 is 11.9 Å². The van der Waals surface area contributed by atoms with Crippen molar-refractivity contribution in [2.45, 2.75) is 44.6 Å². The van der Waals surface area contributed by atoms with Crippen LogP contribution in [0, 0.1) is 0 Å². The zero-order valence-electron chi connectivity index (χ0n) is 15.5. The van der Waals surface area contributed by atoms with Crippen molar-refractivity contribution < 1.29 is 23.8 Å². The fraction of sp³-hybridized carbons (Fsp3) is 0.600. The number of esters is 2. The molecule has 2 heterocycles. The monoisotopic (exact) mass is 361 g/mol. The first-order chi connectivity index (χ1) is 12.6. The zero-order valence-corrected chi connectivity index (χ0v) is 15.5. The predicted molar refractivity (Wildman–Crippen MR) is 97.2 cm³/mol. The molecule has 2 fully saturated rings. The van der Waals surface area contributed by atoms with Crippen LogP contribution >= 0.6 is 0 Å². The molecule has 2 aliphatic heterocycles. The van der Waals surface area contributed by atoms with Crippen LogP contribution < -0.4 is 4.90 Å². The van der Waals surface area contributed by atoms with Crippen LogP contribution in [0.3, 0.4) is 0 Å². The molecule has 1 atom stereocenters. The second-order valence-electron chi connectivity index (χ2n) is 6.86. The number of carbonyl (C=O) groups is 2. The van der Waals surface area contributed by atoms with Gasteiger partial charge in [0.15, 0.2) is 0 Å². The Morgan fingerprint density at radius 3 is 2.27 bits per heavy atom. The van der Waals surface area contributed by atoms with Gasteiger partial charge in [0, 0.05) is 18.8 Å². The maximum absolute atomic E-state index is 12.3. The Bertz CT molecular complexity index is 628. The summed E-state index contributed by atoms with van der Waals surface area (Å²) in [6.07, 6.45) is 2.11. The largest absolute Gasteiger partial charge is 0.466 e. The third-order valence-corrected chi connectivity index (χ3v) is 5.14. The predicted octanol–water partition coefficient (Wildman–Crippen LogP) is 2.66. The van der Waals surface area contributed by atoms with Gasteiger partial charge in [0.05, 0.1) is 37.8 Å². The van der Waals surface area contributed by atoms with E-state index in [0.29, 0.717) is 6.61 Å². The summed E-state index contributed by atoms with van der Waals surface area (Å²) in [5.41, 5.74) is 2.06. The third-order valence-electron chi connectivity index (χ3n) is 5.14. The van der Waals surface area contributed by atoms with Gasteiger partial charge in [-0.1, -0.05) is 12.1 Å². The molecule has 2 saturated heterocycles. The highest BCUT2D eigenvalue weighted by Crippen LogP contribution is 2.39. The minimum Gasteiger partial charge on any atom is -0.466 e. The van der Waals surface area contributed by atoms with Crippen molar-refractivity contribution in [1.29, 1.82) is 0 Å². The van der Waals surface area contributed by atoms with Crippen LogP contribution in [0.1, 0.15) is 44.6 Å². The first-order valence-corrected chi connectivity index (χ1v) is 9.38. The standard InChI is InChI=1S/C20H27NO5/c1-3-24-18(22)13-17(19(23)25-4-2)15-5-7-16(8-6-15)21-11-9-20(10-12-21)14-26-20/h5-8,17H,3-4,9-14H2,1-2H3. The topological polar surface area (TPSA) is 68.4 Å². The van der Waals surface area contributed by atoms with Crippen molar-refractivity contribution in [2.24, 2.45) is 0 Å². The lowest BCUT2D eigenvalue weighted by atomic mass is 9.94. The normalized spacial score (nSPS) is 19.1. The Balaban J connectivity index is 1.68. The lowest BCUT2D eigenvalue weighted by Crippen LogP contribution is -2.37. The van der Waals surface area contributed by atoms with Crippen LogP contribution in [-0.4, -0.2) is 50.4 Å². The molecule has 6 heteroatoms. The first kappa shape index (κ1) is 18.7. The van der Waals surface area contributed by atoms with E-state index in [1.54, 1.807) is 13.8 Å². The molecule has 0 amide bonds. The van der Waals surface area contributed by atoms with E-state index in [-0.39, 0.29) is 30.6 Å². The molecule has 142 valence electrons. The summed E-state index contributed by atoms with van der Waals surface area (Å²) < 4.78 is 15.7. The number of hydrogen-bond acceptors (Lipinski definition) is 6. The van der Waals surface area contributed by atoms with Crippen LogP contribution in [-0.2, 0) is 23.8 Å². The van der Waals surface area contributed by atoms with E-state index >= 15 is 0 Å². The van der Waals surface area contributed by atoms with Gasteiger partial charge in [-0.05, 0) is 44.4 Å². The van der Waals surface area contributed by atoms with Gasteiger partial charge in [-0.3, -0.25) is 9.59 Å². The van der Waals surface area contributed by atoms with E-state index in [1.165, 1.54) is 0 Å². The van der Waals surface area contributed by atoms with Gasteiger partial charge in [0.2, 0.25) is 0 Å². The summed E-state index contributed by atoms with van der Waals surface area (Å²) >= 11 is 0. The number of benzene rings is 1. The highest BCUT2D eigenvalue weighted by Gasteiger charge is 2.46. The van der Waals surface area contributed by atoms with Crippen molar-refractivity contribution in [3.05, 3.63) is 29.8 Å². The summed E-state index contributed by atoms with van der Waals surface area (Å²) in [6.45, 7) is 6.94. The lowest BCUT2D eigenvalue weighted by molar-refractivity contribution is -0.151. The highest BCUT2D eigenvalue weighted by atomic mass is 16.6. The average molecular weight is 361 g/mol. The molecule has 0 radical (unpaired) electrons. The third kappa shape index (κ3) is 4.36. The molecule has 0 aliphatic carbocycles. The summed E-state index contributed by atoms with van der Waals surface area (Å²) in [6, 6.07) is 7.85. The van der Waals surface area contributed by atoms with E-state index in [1.807, 2.05) is 24.3 Å². The zero-order chi connectivity index (χ0) is 18.6. The second kappa shape index (κ2) is 8.08. The van der Waals surface area contributed by atoms with Crippen molar-refractivity contribution in [2.75, 3.05) is 37.8 Å². The molecule has 1 aromatic rings. The number of anilines is 1. The molecular formula is C20H27NO5. The number of carbonyl (C=O) groups excluding carboxylic acids is 2. The minimum atomic E-state index is -0.632. The second-order valence-corrected chi connectivity index (χ2v) is 6.86. The molecule has 1 aromatic carbocycles. The summed E-state index contributed by atoms with van der Waals surface area (Å²) in [5.74, 6) is -1.41. The summed E-state index contributed by atoms with van der Waals surface area (Å²) in [7, 11) is 0. The molecular weight excluding hydrogens is 334 g/mol. The average Bonchev–Trinajstić information content (AvgIpc) is 3.40. The Kier molecular flexibility index (Phi) is 5.81. The van der Waals surface area contributed by atoms with Crippen LogP contribution in [0.2, 0.25) is 0 Å². The maximum Gasteiger partial charge on any atom is 0.313 e. The Morgan fingerprint density at radius 1 is 1.12 bits per heavy atom. The van der Waals surface area contributed by atoms with E-state index in [0.717, 1.165) is 43.8 Å².